The fourth-order valence-corrected chi connectivity index (χ4v) is 5.65. The van der Waals surface area contributed by atoms with Crippen molar-refractivity contribution in [3.63, 3.8) is 0 Å². The quantitative estimate of drug-likeness (QED) is 0.459. The van der Waals surface area contributed by atoms with E-state index in [0.717, 1.165) is 50.2 Å². The standard InChI is InChI=1S/C25H25FN4O2S2/c1-16-19(22(28(2)23(31)20(16)14-27)29-11-5-3-4-6-12-29)13-21-24(32)30(25(33)34-21)15-17-7-9-18(26)10-8-17/h7-10,13H,3-6,11-12,15H2,1-2H3. The molecule has 1 aromatic heterocycles. The molecule has 0 unspecified atom stereocenters. The lowest BCUT2D eigenvalue weighted by molar-refractivity contribution is -0.122. The van der Waals surface area contributed by atoms with Crippen LogP contribution in [-0.4, -0.2) is 32.8 Å². The van der Waals surface area contributed by atoms with E-state index in [1.165, 1.54) is 33.4 Å². The van der Waals surface area contributed by atoms with Gasteiger partial charge >= 0.3 is 0 Å². The molecule has 4 rings (SSSR count). The van der Waals surface area contributed by atoms with Crippen molar-refractivity contribution >= 4 is 46.1 Å². The summed E-state index contributed by atoms with van der Waals surface area (Å²) in [5.41, 5.74) is 1.78. The number of carbonyl (C=O) groups excluding carboxylic acids is 1. The van der Waals surface area contributed by atoms with Crippen molar-refractivity contribution in [1.29, 1.82) is 5.26 Å². The van der Waals surface area contributed by atoms with Gasteiger partial charge in [0.15, 0.2) is 0 Å². The molecule has 0 aliphatic carbocycles. The number of hydrogen-bond acceptors (Lipinski definition) is 6. The Balaban J connectivity index is 1.77. The third-order valence-electron chi connectivity index (χ3n) is 6.28. The highest BCUT2D eigenvalue weighted by molar-refractivity contribution is 8.26. The molecule has 6 nitrogen and oxygen atoms in total. The third kappa shape index (κ3) is 4.65. The van der Waals surface area contributed by atoms with Crippen LogP contribution in [0.3, 0.4) is 0 Å². The minimum atomic E-state index is -0.339. The van der Waals surface area contributed by atoms with Crippen LogP contribution < -0.4 is 10.5 Å². The van der Waals surface area contributed by atoms with Gasteiger partial charge in [0, 0.05) is 25.7 Å². The van der Waals surface area contributed by atoms with Gasteiger partial charge in [-0.25, -0.2) is 4.39 Å². The summed E-state index contributed by atoms with van der Waals surface area (Å²) in [6, 6.07) is 8.01. The largest absolute Gasteiger partial charge is 0.357 e. The van der Waals surface area contributed by atoms with E-state index in [1.54, 1.807) is 32.2 Å². The van der Waals surface area contributed by atoms with Gasteiger partial charge in [0.2, 0.25) is 0 Å². The van der Waals surface area contributed by atoms with Gasteiger partial charge in [-0.2, -0.15) is 5.26 Å². The number of thioether (sulfide) groups is 1. The number of halogens is 1. The predicted octanol–water partition coefficient (Wildman–Crippen LogP) is 4.49. The summed E-state index contributed by atoms with van der Waals surface area (Å²) in [6.07, 6.45) is 6.08. The van der Waals surface area contributed by atoms with E-state index in [1.807, 2.05) is 6.07 Å². The van der Waals surface area contributed by atoms with E-state index in [2.05, 4.69) is 4.90 Å². The molecule has 0 bridgehead atoms. The summed E-state index contributed by atoms with van der Waals surface area (Å²) in [4.78, 5) is 30.3. The van der Waals surface area contributed by atoms with Gasteiger partial charge in [-0.1, -0.05) is 49.0 Å². The number of benzene rings is 1. The highest BCUT2D eigenvalue weighted by atomic mass is 32.2. The van der Waals surface area contributed by atoms with Crippen LogP contribution in [0.15, 0.2) is 34.0 Å². The molecule has 3 heterocycles. The molecular formula is C25H25FN4O2S2. The van der Waals surface area contributed by atoms with Crippen molar-refractivity contribution < 1.29 is 9.18 Å². The molecule has 0 spiro atoms. The number of anilines is 1. The summed E-state index contributed by atoms with van der Waals surface area (Å²) in [5, 5.41) is 9.65. The first-order chi connectivity index (χ1) is 16.3. The summed E-state index contributed by atoms with van der Waals surface area (Å²) >= 11 is 6.67. The lowest BCUT2D eigenvalue weighted by Crippen LogP contribution is -2.34. The Hall–Kier alpha value is -2.96. The predicted molar refractivity (Wildman–Crippen MR) is 137 cm³/mol. The second-order valence-corrected chi connectivity index (χ2v) is 10.2. The molecule has 0 saturated carbocycles. The lowest BCUT2D eigenvalue weighted by Gasteiger charge is -2.28. The van der Waals surface area contributed by atoms with Gasteiger partial charge in [0.05, 0.1) is 11.4 Å². The monoisotopic (exact) mass is 496 g/mol. The maximum atomic E-state index is 13.3. The molecule has 2 saturated heterocycles. The molecule has 2 aliphatic rings. The molecule has 1 amide bonds. The van der Waals surface area contributed by atoms with Crippen molar-refractivity contribution in [3.8, 4) is 6.07 Å². The van der Waals surface area contributed by atoms with E-state index in [0.29, 0.717) is 20.4 Å². The Labute approximate surface area is 207 Å². The van der Waals surface area contributed by atoms with E-state index in [4.69, 9.17) is 12.2 Å². The number of nitrogens with zero attached hydrogens (tertiary/aromatic N) is 4. The second kappa shape index (κ2) is 10.1. The van der Waals surface area contributed by atoms with Crippen LogP contribution in [0.2, 0.25) is 0 Å². The van der Waals surface area contributed by atoms with E-state index >= 15 is 0 Å². The zero-order chi connectivity index (χ0) is 24.4. The average molecular weight is 497 g/mol. The van der Waals surface area contributed by atoms with Crippen molar-refractivity contribution in [2.75, 3.05) is 18.0 Å². The fourth-order valence-electron chi connectivity index (χ4n) is 4.42. The van der Waals surface area contributed by atoms with Crippen molar-refractivity contribution in [2.45, 2.75) is 39.2 Å². The topological polar surface area (TPSA) is 69.3 Å². The molecule has 0 atom stereocenters. The maximum Gasteiger partial charge on any atom is 0.270 e. The Kier molecular flexibility index (Phi) is 7.19. The zero-order valence-electron chi connectivity index (χ0n) is 19.1. The Morgan fingerprint density at radius 2 is 1.79 bits per heavy atom. The molecule has 2 fully saturated rings. The van der Waals surface area contributed by atoms with Gasteiger partial charge in [0.1, 0.15) is 27.6 Å². The van der Waals surface area contributed by atoms with Crippen LogP contribution in [0.5, 0.6) is 0 Å². The molecule has 9 heteroatoms. The minimum Gasteiger partial charge on any atom is -0.357 e. The highest BCUT2D eigenvalue weighted by Gasteiger charge is 2.33. The number of thiocarbonyl (C=S) groups is 1. The van der Waals surface area contributed by atoms with Gasteiger partial charge in [-0.3, -0.25) is 19.1 Å². The fraction of sp³-hybridized carbons (Fsp3) is 0.360. The van der Waals surface area contributed by atoms with Crippen LogP contribution in [0.25, 0.3) is 6.08 Å². The van der Waals surface area contributed by atoms with Crippen LogP contribution in [0.4, 0.5) is 10.2 Å². The Morgan fingerprint density at radius 3 is 2.41 bits per heavy atom. The third-order valence-corrected chi connectivity index (χ3v) is 7.65. The molecular weight excluding hydrogens is 471 g/mol. The SMILES string of the molecule is Cc1c(C=C2SC(=S)N(Cc3ccc(F)cc3)C2=O)c(N2CCCCCC2)n(C)c(=O)c1C#N. The van der Waals surface area contributed by atoms with Crippen LogP contribution in [0.1, 0.15) is 47.9 Å². The van der Waals surface area contributed by atoms with Crippen LogP contribution >= 0.6 is 24.0 Å². The second-order valence-electron chi connectivity index (χ2n) is 8.51. The molecule has 176 valence electrons. The average Bonchev–Trinajstić information content (AvgIpc) is 3.00. The first-order valence-corrected chi connectivity index (χ1v) is 12.4. The Bertz CT molecular complexity index is 1270. The van der Waals surface area contributed by atoms with Crippen molar-refractivity contribution in [2.24, 2.45) is 7.05 Å². The van der Waals surface area contributed by atoms with Gasteiger partial charge in [0.25, 0.3) is 11.5 Å². The number of carbonyl (C=O) groups is 1. The molecule has 34 heavy (non-hydrogen) atoms. The summed E-state index contributed by atoms with van der Waals surface area (Å²) in [6.45, 7) is 3.62. The normalized spacial score (nSPS) is 17.9. The van der Waals surface area contributed by atoms with Crippen LogP contribution in [-0.2, 0) is 18.4 Å². The number of hydrogen-bond donors (Lipinski definition) is 0. The molecule has 1 aromatic carbocycles. The smallest absolute Gasteiger partial charge is 0.270 e. The van der Waals surface area contributed by atoms with E-state index < -0.39 is 0 Å². The molecule has 0 N–H and O–H groups in total. The minimum absolute atomic E-state index is 0.0779. The first kappa shape index (κ1) is 24.2. The lowest BCUT2D eigenvalue weighted by atomic mass is 10.0. The van der Waals surface area contributed by atoms with Crippen molar-refractivity contribution in [3.05, 3.63) is 67.6 Å². The summed E-state index contributed by atoms with van der Waals surface area (Å²) in [5.74, 6) is 0.147. The molecule has 2 aliphatic heterocycles. The maximum absolute atomic E-state index is 13.3. The van der Waals surface area contributed by atoms with E-state index in [-0.39, 0.29) is 29.4 Å². The van der Waals surface area contributed by atoms with Crippen LogP contribution in [0, 0.1) is 24.1 Å². The van der Waals surface area contributed by atoms with Crippen molar-refractivity contribution in [1.82, 2.24) is 9.47 Å². The molecule has 2 aromatic rings. The number of rotatable bonds is 4. The highest BCUT2D eigenvalue weighted by Crippen LogP contribution is 2.36. The van der Waals surface area contributed by atoms with Gasteiger partial charge in [-0.05, 0) is 49.1 Å². The van der Waals surface area contributed by atoms with Gasteiger partial charge < -0.3 is 4.90 Å². The van der Waals surface area contributed by atoms with E-state index in [9.17, 15) is 19.2 Å². The Morgan fingerprint density at radius 1 is 1.15 bits per heavy atom. The summed E-state index contributed by atoms with van der Waals surface area (Å²) < 4.78 is 15.2. The number of amides is 1. The first-order valence-electron chi connectivity index (χ1n) is 11.2. The number of nitriles is 1. The van der Waals surface area contributed by atoms with Gasteiger partial charge in [-0.15, -0.1) is 0 Å². The number of aromatic nitrogens is 1. The molecule has 0 radical (unpaired) electrons. The number of pyridine rings is 1. The summed E-state index contributed by atoms with van der Waals surface area (Å²) in [7, 11) is 1.68. The zero-order valence-corrected chi connectivity index (χ0v) is 20.8.